The van der Waals surface area contributed by atoms with Gasteiger partial charge in [0.05, 0.1) is 13.0 Å². The number of amides is 1. The molecule has 0 atom stereocenters. The van der Waals surface area contributed by atoms with Gasteiger partial charge in [0.15, 0.2) is 0 Å². The molecule has 0 aliphatic carbocycles. The summed E-state index contributed by atoms with van der Waals surface area (Å²) >= 11 is 5.80. The van der Waals surface area contributed by atoms with Crippen LogP contribution in [0.4, 0.5) is 0 Å². The van der Waals surface area contributed by atoms with Gasteiger partial charge < -0.3 is 10.0 Å². The summed E-state index contributed by atoms with van der Waals surface area (Å²) in [6, 6.07) is 6.84. The Hall–Kier alpha value is -1.99. The van der Waals surface area contributed by atoms with E-state index in [0.29, 0.717) is 5.02 Å². The number of carboxylic acid groups (broad SMARTS) is 1. The van der Waals surface area contributed by atoms with E-state index in [1.54, 1.807) is 24.3 Å². The average molecular weight is 266 g/mol. The van der Waals surface area contributed by atoms with Crippen molar-refractivity contribution in [3.05, 3.63) is 34.9 Å². The molecule has 0 fully saturated rings. The molecule has 0 aliphatic heterocycles. The minimum absolute atomic E-state index is 0.0221. The number of rotatable bonds is 5. The van der Waals surface area contributed by atoms with E-state index < -0.39 is 12.5 Å². The standard InChI is InChI=1S/C13H12ClNO3/c1-2-6-15(9-13(17)18)12(16)8-10-4-3-5-11(14)7-10/h1,3-5,7H,6,8-9H2,(H,17,18). The van der Waals surface area contributed by atoms with Gasteiger partial charge in [-0.25, -0.2) is 0 Å². The number of aliphatic carboxylic acids is 1. The molecule has 0 bridgehead atoms. The third-order valence-corrected chi connectivity index (χ3v) is 2.44. The first kappa shape index (κ1) is 14.1. The van der Waals surface area contributed by atoms with Crippen LogP contribution in [-0.4, -0.2) is 35.0 Å². The van der Waals surface area contributed by atoms with E-state index in [-0.39, 0.29) is 18.9 Å². The van der Waals surface area contributed by atoms with Gasteiger partial charge in [-0.05, 0) is 17.7 Å². The lowest BCUT2D eigenvalue weighted by Crippen LogP contribution is -2.36. The molecule has 18 heavy (non-hydrogen) atoms. The fraction of sp³-hybridized carbons (Fsp3) is 0.231. The lowest BCUT2D eigenvalue weighted by molar-refractivity contribution is -0.143. The van der Waals surface area contributed by atoms with Crippen molar-refractivity contribution in [1.29, 1.82) is 0 Å². The average Bonchev–Trinajstić information content (AvgIpc) is 2.27. The molecule has 1 amide bonds. The minimum Gasteiger partial charge on any atom is -0.480 e. The van der Waals surface area contributed by atoms with Crippen LogP contribution in [0, 0.1) is 12.3 Å². The number of terminal acetylenes is 1. The van der Waals surface area contributed by atoms with E-state index >= 15 is 0 Å². The second-order valence-electron chi connectivity index (χ2n) is 3.65. The molecule has 1 rings (SSSR count). The molecule has 4 nitrogen and oxygen atoms in total. The van der Waals surface area contributed by atoms with Gasteiger partial charge in [0.25, 0.3) is 0 Å². The maximum Gasteiger partial charge on any atom is 0.323 e. The Balaban J connectivity index is 2.72. The lowest BCUT2D eigenvalue weighted by atomic mass is 10.1. The molecular formula is C13H12ClNO3. The van der Waals surface area contributed by atoms with E-state index in [0.717, 1.165) is 10.5 Å². The summed E-state index contributed by atoms with van der Waals surface area (Å²) in [6.45, 7) is -0.421. The lowest BCUT2D eigenvalue weighted by Gasteiger charge is -2.17. The molecule has 0 unspecified atom stereocenters. The van der Waals surface area contributed by atoms with Crippen LogP contribution < -0.4 is 0 Å². The number of carboxylic acids is 1. The number of hydrogen-bond donors (Lipinski definition) is 1. The summed E-state index contributed by atoms with van der Waals surface area (Å²) in [5.74, 6) is 0.839. The molecule has 0 radical (unpaired) electrons. The summed E-state index contributed by atoms with van der Waals surface area (Å²) in [6.07, 6.45) is 5.18. The Morgan fingerprint density at radius 3 is 2.72 bits per heavy atom. The van der Waals surface area contributed by atoms with Crippen molar-refractivity contribution in [3.63, 3.8) is 0 Å². The van der Waals surface area contributed by atoms with Crippen molar-refractivity contribution in [2.75, 3.05) is 13.1 Å². The summed E-state index contributed by atoms with van der Waals surface area (Å²) in [5, 5.41) is 9.22. The third-order valence-electron chi connectivity index (χ3n) is 2.21. The van der Waals surface area contributed by atoms with E-state index in [9.17, 15) is 9.59 Å². The van der Waals surface area contributed by atoms with Gasteiger partial charge in [-0.3, -0.25) is 9.59 Å². The minimum atomic E-state index is -1.09. The van der Waals surface area contributed by atoms with Crippen molar-refractivity contribution >= 4 is 23.5 Å². The second kappa shape index (κ2) is 6.67. The van der Waals surface area contributed by atoms with Crippen LogP contribution in [0.25, 0.3) is 0 Å². The first-order valence-electron chi connectivity index (χ1n) is 5.20. The van der Waals surface area contributed by atoms with Gasteiger partial charge in [-0.15, -0.1) is 6.42 Å². The Morgan fingerprint density at radius 1 is 1.44 bits per heavy atom. The van der Waals surface area contributed by atoms with Gasteiger partial charge in [-0.2, -0.15) is 0 Å². The van der Waals surface area contributed by atoms with Crippen molar-refractivity contribution in [2.24, 2.45) is 0 Å². The van der Waals surface area contributed by atoms with Crippen molar-refractivity contribution in [1.82, 2.24) is 4.90 Å². The van der Waals surface area contributed by atoms with Gasteiger partial charge in [-0.1, -0.05) is 29.7 Å². The van der Waals surface area contributed by atoms with Gasteiger partial charge >= 0.3 is 5.97 Å². The molecule has 1 aromatic carbocycles. The van der Waals surface area contributed by atoms with E-state index in [2.05, 4.69) is 5.92 Å². The molecule has 94 valence electrons. The zero-order valence-electron chi connectivity index (χ0n) is 9.60. The number of carbonyl (C=O) groups is 2. The van der Waals surface area contributed by atoms with Gasteiger partial charge in [0.2, 0.25) is 5.91 Å². The number of benzene rings is 1. The molecule has 0 spiro atoms. The maximum atomic E-state index is 11.9. The number of nitrogens with zero attached hydrogens (tertiary/aromatic N) is 1. The normalized spacial score (nSPS) is 9.56. The van der Waals surface area contributed by atoms with Crippen molar-refractivity contribution < 1.29 is 14.7 Å². The zero-order chi connectivity index (χ0) is 13.5. The molecule has 1 aromatic rings. The topological polar surface area (TPSA) is 57.6 Å². The summed E-state index contributed by atoms with van der Waals surface area (Å²) < 4.78 is 0. The predicted octanol–water partition coefficient (Wildman–Crippen LogP) is 1.43. The summed E-state index contributed by atoms with van der Waals surface area (Å²) in [4.78, 5) is 23.6. The molecule has 0 aliphatic rings. The summed E-state index contributed by atoms with van der Waals surface area (Å²) in [5.41, 5.74) is 0.722. The van der Waals surface area contributed by atoms with Gasteiger partial charge in [0, 0.05) is 5.02 Å². The smallest absolute Gasteiger partial charge is 0.323 e. The zero-order valence-corrected chi connectivity index (χ0v) is 10.4. The highest BCUT2D eigenvalue weighted by atomic mass is 35.5. The van der Waals surface area contributed by atoms with Crippen LogP contribution in [0.2, 0.25) is 5.02 Å². The quantitative estimate of drug-likeness (QED) is 0.820. The molecule has 0 aromatic heterocycles. The largest absolute Gasteiger partial charge is 0.480 e. The molecule has 0 saturated carbocycles. The van der Waals surface area contributed by atoms with Crippen molar-refractivity contribution in [3.8, 4) is 12.3 Å². The fourth-order valence-electron chi connectivity index (χ4n) is 1.44. The Labute approximate surface area is 110 Å². The molecule has 5 heteroatoms. The van der Waals surface area contributed by atoms with E-state index in [1.807, 2.05) is 0 Å². The molecule has 0 saturated heterocycles. The molecule has 0 heterocycles. The Bertz CT molecular complexity index is 493. The summed E-state index contributed by atoms with van der Waals surface area (Å²) in [7, 11) is 0. The fourth-order valence-corrected chi connectivity index (χ4v) is 1.65. The van der Waals surface area contributed by atoms with Crippen LogP contribution in [0.1, 0.15) is 5.56 Å². The second-order valence-corrected chi connectivity index (χ2v) is 4.09. The third kappa shape index (κ3) is 4.48. The highest BCUT2D eigenvalue weighted by molar-refractivity contribution is 6.30. The van der Waals surface area contributed by atoms with Crippen molar-refractivity contribution in [2.45, 2.75) is 6.42 Å². The molecule has 1 N–H and O–H groups in total. The SMILES string of the molecule is C#CCN(CC(=O)O)C(=O)Cc1cccc(Cl)c1. The maximum absolute atomic E-state index is 11.9. The van der Waals surface area contributed by atoms with Crippen LogP contribution in [0.3, 0.4) is 0 Å². The number of carbonyl (C=O) groups excluding carboxylic acids is 1. The highest BCUT2D eigenvalue weighted by Gasteiger charge is 2.16. The van der Waals surface area contributed by atoms with Crippen LogP contribution in [0.15, 0.2) is 24.3 Å². The Morgan fingerprint density at radius 2 is 2.17 bits per heavy atom. The first-order chi connectivity index (χ1) is 8.52. The monoisotopic (exact) mass is 265 g/mol. The number of hydrogen-bond acceptors (Lipinski definition) is 2. The highest BCUT2D eigenvalue weighted by Crippen LogP contribution is 2.11. The number of halogens is 1. The van der Waals surface area contributed by atoms with Crippen LogP contribution >= 0.6 is 11.6 Å². The van der Waals surface area contributed by atoms with E-state index in [1.165, 1.54) is 0 Å². The van der Waals surface area contributed by atoms with Gasteiger partial charge in [0.1, 0.15) is 6.54 Å². The molecular weight excluding hydrogens is 254 g/mol. The van der Waals surface area contributed by atoms with E-state index in [4.69, 9.17) is 23.1 Å². The first-order valence-corrected chi connectivity index (χ1v) is 5.58. The Kier molecular flexibility index (Phi) is 5.22. The van der Waals surface area contributed by atoms with Crippen LogP contribution in [-0.2, 0) is 16.0 Å². The van der Waals surface area contributed by atoms with Crippen LogP contribution in [0.5, 0.6) is 0 Å². The predicted molar refractivity (Wildman–Crippen MR) is 68.2 cm³/mol.